The summed E-state index contributed by atoms with van der Waals surface area (Å²) in [6.07, 6.45) is 3.82. The molecule has 0 radical (unpaired) electrons. The highest BCUT2D eigenvalue weighted by Gasteiger charge is 2.31. The monoisotopic (exact) mass is 231 g/mol. The van der Waals surface area contributed by atoms with Gasteiger partial charge in [-0.3, -0.25) is 0 Å². The van der Waals surface area contributed by atoms with E-state index in [9.17, 15) is 0 Å². The minimum atomic E-state index is 0.756. The first kappa shape index (κ1) is 12.6. The summed E-state index contributed by atoms with van der Waals surface area (Å²) in [5.41, 5.74) is 3.04. The lowest BCUT2D eigenvalue weighted by atomic mass is 9.85. The molecule has 1 heterocycles. The van der Waals surface area contributed by atoms with Crippen molar-refractivity contribution in [3.8, 4) is 0 Å². The second-order valence-electron chi connectivity index (χ2n) is 5.48. The van der Waals surface area contributed by atoms with E-state index in [1.165, 1.54) is 31.5 Å². The zero-order valence-corrected chi connectivity index (χ0v) is 11.4. The lowest BCUT2D eigenvalue weighted by Crippen LogP contribution is -2.13. The Balaban J connectivity index is 2.18. The fraction of sp³-hybridized carbons (Fsp3) is 0.625. The summed E-state index contributed by atoms with van der Waals surface area (Å²) in [6.45, 7) is 7.05. The van der Waals surface area contributed by atoms with E-state index < -0.39 is 0 Å². The van der Waals surface area contributed by atoms with Crippen molar-refractivity contribution in [3.05, 3.63) is 35.4 Å². The normalized spacial score (nSPS) is 25.4. The van der Waals surface area contributed by atoms with E-state index in [1.54, 1.807) is 5.56 Å². The fourth-order valence-electron chi connectivity index (χ4n) is 3.17. The van der Waals surface area contributed by atoms with Gasteiger partial charge < -0.3 is 4.90 Å². The lowest BCUT2D eigenvalue weighted by Gasteiger charge is -2.18. The highest BCUT2D eigenvalue weighted by molar-refractivity contribution is 5.28. The Hall–Kier alpha value is -0.820. The van der Waals surface area contributed by atoms with Crippen molar-refractivity contribution in [2.45, 2.75) is 39.0 Å². The predicted octanol–water partition coefficient (Wildman–Crippen LogP) is 3.69. The maximum absolute atomic E-state index is 2.49. The van der Waals surface area contributed by atoms with Crippen molar-refractivity contribution in [2.75, 3.05) is 20.1 Å². The molecule has 1 aromatic rings. The molecule has 1 heteroatoms. The molecule has 0 N–H and O–H groups in total. The molecule has 0 spiro atoms. The van der Waals surface area contributed by atoms with Gasteiger partial charge in [0.25, 0.3) is 0 Å². The predicted molar refractivity (Wildman–Crippen MR) is 74.5 cm³/mol. The smallest absolute Gasteiger partial charge is 0.00505 e. The summed E-state index contributed by atoms with van der Waals surface area (Å²) < 4.78 is 0. The van der Waals surface area contributed by atoms with Crippen LogP contribution in [0.15, 0.2) is 24.3 Å². The van der Waals surface area contributed by atoms with Crippen LogP contribution < -0.4 is 0 Å². The van der Waals surface area contributed by atoms with Gasteiger partial charge in [0.05, 0.1) is 0 Å². The van der Waals surface area contributed by atoms with E-state index in [1.807, 2.05) is 0 Å². The van der Waals surface area contributed by atoms with Crippen LogP contribution in [0.1, 0.15) is 43.7 Å². The second kappa shape index (κ2) is 5.68. The molecule has 2 unspecified atom stereocenters. The Labute approximate surface area is 106 Å². The van der Waals surface area contributed by atoms with E-state index >= 15 is 0 Å². The van der Waals surface area contributed by atoms with E-state index in [2.05, 4.69) is 50.1 Å². The first-order valence-electron chi connectivity index (χ1n) is 7.02. The third-order valence-electron chi connectivity index (χ3n) is 4.07. The molecule has 1 saturated heterocycles. The zero-order valence-electron chi connectivity index (χ0n) is 11.4. The molecule has 0 amide bonds. The number of hydrogen-bond donors (Lipinski definition) is 0. The quantitative estimate of drug-likeness (QED) is 0.764. The zero-order chi connectivity index (χ0) is 12.3. The Morgan fingerprint density at radius 1 is 1.24 bits per heavy atom. The van der Waals surface area contributed by atoms with Gasteiger partial charge in [0.1, 0.15) is 0 Å². The molecule has 1 aliphatic heterocycles. The van der Waals surface area contributed by atoms with Crippen molar-refractivity contribution < 1.29 is 0 Å². The van der Waals surface area contributed by atoms with Crippen LogP contribution in [0.25, 0.3) is 0 Å². The SMILES string of the molecule is CCCC1CN(C)CC1c1cccc(CC)c1. The fourth-order valence-corrected chi connectivity index (χ4v) is 3.17. The standard InChI is InChI=1S/C16H25N/c1-4-7-15-11-17(3)12-16(15)14-9-6-8-13(5-2)10-14/h6,8-10,15-16H,4-5,7,11-12H2,1-3H3. The van der Waals surface area contributed by atoms with Gasteiger partial charge in [-0.1, -0.05) is 44.5 Å². The van der Waals surface area contributed by atoms with Crippen molar-refractivity contribution in [2.24, 2.45) is 5.92 Å². The topological polar surface area (TPSA) is 3.24 Å². The number of hydrogen-bond acceptors (Lipinski definition) is 1. The average molecular weight is 231 g/mol. The van der Waals surface area contributed by atoms with Crippen molar-refractivity contribution in [3.63, 3.8) is 0 Å². The van der Waals surface area contributed by atoms with Crippen LogP contribution in [0, 0.1) is 5.92 Å². The van der Waals surface area contributed by atoms with Gasteiger partial charge in [-0.2, -0.15) is 0 Å². The Morgan fingerprint density at radius 3 is 2.76 bits per heavy atom. The lowest BCUT2D eigenvalue weighted by molar-refractivity contribution is 0.387. The molecule has 1 nitrogen and oxygen atoms in total. The first-order chi connectivity index (χ1) is 8.24. The minimum absolute atomic E-state index is 0.756. The van der Waals surface area contributed by atoms with Gasteiger partial charge in [-0.25, -0.2) is 0 Å². The van der Waals surface area contributed by atoms with Gasteiger partial charge in [0.2, 0.25) is 0 Å². The minimum Gasteiger partial charge on any atom is -0.305 e. The van der Waals surface area contributed by atoms with Gasteiger partial charge in [0.15, 0.2) is 0 Å². The van der Waals surface area contributed by atoms with Crippen molar-refractivity contribution >= 4 is 0 Å². The molecule has 2 atom stereocenters. The van der Waals surface area contributed by atoms with Gasteiger partial charge in [-0.15, -0.1) is 0 Å². The number of nitrogens with zero attached hydrogens (tertiary/aromatic N) is 1. The maximum atomic E-state index is 2.49. The molecule has 94 valence electrons. The number of aryl methyl sites for hydroxylation is 1. The number of benzene rings is 1. The summed E-state index contributed by atoms with van der Waals surface area (Å²) in [6, 6.07) is 9.23. The summed E-state index contributed by atoms with van der Waals surface area (Å²) in [5, 5.41) is 0. The van der Waals surface area contributed by atoms with Gasteiger partial charge in [-0.05, 0) is 36.9 Å². The average Bonchev–Trinajstić information content (AvgIpc) is 2.71. The molecule has 1 aromatic carbocycles. The van der Waals surface area contributed by atoms with Crippen LogP contribution in [-0.2, 0) is 6.42 Å². The number of rotatable bonds is 4. The third kappa shape index (κ3) is 2.90. The van der Waals surface area contributed by atoms with E-state index in [0.717, 1.165) is 18.3 Å². The van der Waals surface area contributed by atoms with Crippen LogP contribution in [-0.4, -0.2) is 25.0 Å². The Kier molecular flexibility index (Phi) is 4.22. The summed E-state index contributed by atoms with van der Waals surface area (Å²) in [7, 11) is 2.26. The molecule has 0 bridgehead atoms. The van der Waals surface area contributed by atoms with E-state index in [0.29, 0.717) is 0 Å². The van der Waals surface area contributed by atoms with E-state index in [4.69, 9.17) is 0 Å². The highest BCUT2D eigenvalue weighted by atomic mass is 15.1. The van der Waals surface area contributed by atoms with Gasteiger partial charge in [0, 0.05) is 19.0 Å². The number of likely N-dealkylation sites (tertiary alicyclic amines) is 1. The molecule has 2 rings (SSSR count). The molecule has 0 saturated carbocycles. The highest BCUT2D eigenvalue weighted by Crippen LogP contribution is 2.35. The maximum Gasteiger partial charge on any atom is 0.00505 e. The van der Waals surface area contributed by atoms with Crippen LogP contribution in [0.2, 0.25) is 0 Å². The molecule has 1 aliphatic rings. The Morgan fingerprint density at radius 2 is 2.06 bits per heavy atom. The third-order valence-corrected chi connectivity index (χ3v) is 4.07. The first-order valence-corrected chi connectivity index (χ1v) is 7.02. The van der Waals surface area contributed by atoms with Crippen molar-refractivity contribution in [1.82, 2.24) is 4.90 Å². The molecule has 0 aromatic heterocycles. The summed E-state index contributed by atoms with van der Waals surface area (Å²) in [4.78, 5) is 2.49. The van der Waals surface area contributed by atoms with Crippen LogP contribution in [0.5, 0.6) is 0 Å². The molecular weight excluding hydrogens is 206 g/mol. The van der Waals surface area contributed by atoms with E-state index in [-0.39, 0.29) is 0 Å². The molecule has 17 heavy (non-hydrogen) atoms. The molecule has 0 aliphatic carbocycles. The summed E-state index contributed by atoms with van der Waals surface area (Å²) >= 11 is 0. The van der Waals surface area contributed by atoms with Crippen molar-refractivity contribution in [1.29, 1.82) is 0 Å². The van der Waals surface area contributed by atoms with Crippen LogP contribution in [0.4, 0.5) is 0 Å². The Bertz CT molecular complexity index is 358. The molecule has 1 fully saturated rings. The number of likely N-dealkylation sites (N-methyl/N-ethyl adjacent to an activating group) is 1. The summed E-state index contributed by atoms with van der Waals surface area (Å²) in [5.74, 6) is 1.61. The molecular formula is C16H25N. The van der Waals surface area contributed by atoms with Crippen LogP contribution in [0.3, 0.4) is 0 Å². The largest absolute Gasteiger partial charge is 0.305 e. The second-order valence-corrected chi connectivity index (χ2v) is 5.48. The van der Waals surface area contributed by atoms with Gasteiger partial charge >= 0.3 is 0 Å². The van der Waals surface area contributed by atoms with Crippen LogP contribution >= 0.6 is 0 Å².